The van der Waals surface area contributed by atoms with E-state index in [0.717, 1.165) is 0 Å². The van der Waals surface area contributed by atoms with Crippen LogP contribution in [-0.4, -0.2) is 54.6 Å². The molecule has 1 saturated heterocycles. The van der Waals surface area contributed by atoms with Gasteiger partial charge in [-0.3, -0.25) is 0 Å². The first kappa shape index (κ1) is 14.5. The van der Waals surface area contributed by atoms with Gasteiger partial charge in [0.25, 0.3) is 0 Å². The molecule has 1 aromatic rings. The van der Waals surface area contributed by atoms with E-state index in [2.05, 4.69) is 21.0 Å². The number of aliphatic hydroxyl groups is 2. The van der Waals surface area contributed by atoms with Crippen molar-refractivity contribution >= 4 is 16.0 Å². The van der Waals surface area contributed by atoms with Crippen LogP contribution >= 0.6 is 0 Å². The second-order valence-corrected chi connectivity index (χ2v) is 5.81. The van der Waals surface area contributed by atoms with Gasteiger partial charge in [0, 0.05) is 0 Å². The van der Waals surface area contributed by atoms with Crippen molar-refractivity contribution in [2.24, 2.45) is 0 Å². The molecular weight excluding hydrogens is 319 g/mol. The van der Waals surface area contributed by atoms with E-state index >= 15 is 0 Å². The van der Waals surface area contributed by atoms with Crippen LogP contribution in [0.15, 0.2) is 15.8 Å². The molecule has 1 aromatic heterocycles. The number of H-pyrrole nitrogens is 1. The average molecular weight is 334 g/mol. The Kier molecular flexibility index (Phi) is 3.72. The summed E-state index contributed by atoms with van der Waals surface area (Å²) in [6.07, 6.45) is -0.331. The number of aryl methyl sites for hydroxylation is 1. The maximum atomic E-state index is 11.9. The van der Waals surface area contributed by atoms with E-state index in [4.69, 9.17) is 9.84 Å². The molecule has 105 valence electrons. The summed E-state index contributed by atoms with van der Waals surface area (Å²) in [6, 6.07) is 0. The normalized spacial score (nSPS) is 34.7. The molecule has 0 bridgehead atoms. The van der Waals surface area contributed by atoms with E-state index in [1.165, 1.54) is 10.8 Å². The molecule has 8 heteroatoms. The number of hydrogen-bond acceptors (Lipinski definition) is 5. The monoisotopic (exact) mass is 335 g/mol. The van der Waals surface area contributed by atoms with Crippen LogP contribution < -0.4 is 11.2 Å². The minimum absolute atomic E-state index is 0.355. The zero-order chi connectivity index (χ0) is 14.4. The maximum absolute atomic E-state index is 11.9. The molecule has 19 heavy (non-hydrogen) atoms. The van der Waals surface area contributed by atoms with E-state index in [9.17, 15) is 14.7 Å². The summed E-state index contributed by atoms with van der Waals surface area (Å²) in [5.74, 6) is 0. The fourth-order valence-corrected chi connectivity index (χ4v) is 2.91. The van der Waals surface area contributed by atoms with Crippen molar-refractivity contribution in [2.45, 2.75) is 36.6 Å². The molecule has 7 nitrogen and oxygen atoms in total. The number of aliphatic hydroxyl groups excluding tert-OH is 2. The molecule has 1 aliphatic rings. The number of aromatic nitrogens is 2. The van der Waals surface area contributed by atoms with Crippen LogP contribution in [0.25, 0.3) is 0 Å². The molecule has 1 aliphatic heterocycles. The molecule has 1 fully saturated rings. The van der Waals surface area contributed by atoms with Gasteiger partial charge in [0.2, 0.25) is 0 Å². The third-order valence-electron chi connectivity index (χ3n) is 3.39. The molecule has 3 N–H and O–H groups in total. The topological polar surface area (TPSA) is 105 Å². The molecule has 0 saturated carbocycles. The molecule has 2 rings (SSSR count). The van der Waals surface area contributed by atoms with Crippen LogP contribution in [0.2, 0.25) is 4.82 Å². The third kappa shape index (κ3) is 2.19. The summed E-state index contributed by atoms with van der Waals surface area (Å²) >= 11 is 2.77. The first-order valence-electron chi connectivity index (χ1n) is 5.77. The van der Waals surface area contributed by atoms with Crippen molar-refractivity contribution in [3.8, 4) is 0 Å². The Balaban J connectivity index is 2.55. The van der Waals surface area contributed by atoms with E-state index in [1.807, 2.05) is 0 Å². The number of nitrogens with one attached hydrogen (secondary N) is 1. The van der Waals surface area contributed by atoms with Gasteiger partial charge in [0.15, 0.2) is 0 Å². The van der Waals surface area contributed by atoms with Crippen molar-refractivity contribution in [2.75, 3.05) is 6.61 Å². The van der Waals surface area contributed by atoms with Gasteiger partial charge in [0.05, 0.1) is 0 Å². The number of rotatable bonds is 2. The number of nitrogens with zero attached hydrogens (tertiary/aromatic N) is 1. The Morgan fingerprint density at radius 2 is 2.21 bits per heavy atom. The molecular formula is C11H15N2O5Se. The van der Waals surface area contributed by atoms with Gasteiger partial charge in [-0.15, -0.1) is 0 Å². The van der Waals surface area contributed by atoms with Gasteiger partial charge in [-0.1, -0.05) is 0 Å². The van der Waals surface area contributed by atoms with Crippen molar-refractivity contribution in [3.05, 3.63) is 32.6 Å². The van der Waals surface area contributed by atoms with Crippen LogP contribution in [0.5, 0.6) is 0 Å². The van der Waals surface area contributed by atoms with Gasteiger partial charge in [-0.05, 0) is 0 Å². The molecule has 0 aliphatic carbocycles. The summed E-state index contributed by atoms with van der Waals surface area (Å²) in [4.78, 5) is 24.9. The molecule has 0 unspecified atom stereocenters. The summed E-state index contributed by atoms with van der Waals surface area (Å²) in [5.41, 5.74) is -1.89. The average Bonchev–Trinajstić information content (AvgIpc) is 2.59. The molecule has 1 radical (unpaired) electrons. The zero-order valence-electron chi connectivity index (χ0n) is 10.5. The van der Waals surface area contributed by atoms with Crippen LogP contribution in [-0.2, 0) is 10.5 Å². The second kappa shape index (κ2) is 4.88. The Bertz CT molecular complexity index is 597. The Morgan fingerprint density at radius 1 is 1.58 bits per heavy atom. The second-order valence-electron chi connectivity index (χ2n) is 4.75. The van der Waals surface area contributed by atoms with Gasteiger partial charge < -0.3 is 0 Å². The summed E-state index contributed by atoms with van der Waals surface area (Å²) in [7, 11) is 0. The summed E-state index contributed by atoms with van der Waals surface area (Å²) in [5, 5.41) is 19.1. The summed E-state index contributed by atoms with van der Waals surface area (Å²) in [6.45, 7) is 2.83. The predicted octanol–water partition coefficient (Wildman–Crippen LogP) is -1.77. The number of ether oxygens (including phenoxy) is 1. The fraction of sp³-hybridized carbons (Fsp3) is 0.636. The first-order chi connectivity index (χ1) is 8.81. The Morgan fingerprint density at radius 3 is 2.74 bits per heavy atom. The van der Waals surface area contributed by atoms with E-state index in [0.29, 0.717) is 5.56 Å². The van der Waals surface area contributed by atoms with E-state index in [1.54, 1.807) is 13.8 Å². The van der Waals surface area contributed by atoms with E-state index in [-0.39, 0.29) is 6.61 Å². The van der Waals surface area contributed by atoms with Crippen molar-refractivity contribution < 1.29 is 14.9 Å². The van der Waals surface area contributed by atoms with Gasteiger partial charge >= 0.3 is 116 Å². The number of hydrogen-bond donors (Lipinski definition) is 3. The Hall–Kier alpha value is -0.921. The molecule has 4 atom stereocenters. The third-order valence-corrected chi connectivity index (χ3v) is 4.89. The van der Waals surface area contributed by atoms with Gasteiger partial charge in [-0.2, -0.15) is 0 Å². The van der Waals surface area contributed by atoms with Gasteiger partial charge in [0.1, 0.15) is 0 Å². The quantitative estimate of drug-likeness (QED) is 0.555. The zero-order valence-corrected chi connectivity index (χ0v) is 12.2. The van der Waals surface area contributed by atoms with Crippen LogP contribution in [0.3, 0.4) is 0 Å². The van der Waals surface area contributed by atoms with E-state index < -0.39 is 34.0 Å². The molecule has 0 aromatic carbocycles. The fourth-order valence-electron chi connectivity index (χ4n) is 2.19. The van der Waals surface area contributed by atoms with Crippen LogP contribution in [0, 0.1) is 6.92 Å². The van der Waals surface area contributed by atoms with Crippen LogP contribution in [0.1, 0.15) is 12.5 Å². The molecule has 2 heterocycles. The SMILES string of the molecule is Cc1cn([C@]2(C)O[C@H](CO)[C@@H](O)[C@H]2[Se])c(=O)[nH]c1=O. The van der Waals surface area contributed by atoms with Gasteiger partial charge in [-0.25, -0.2) is 0 Å². The first-order valence-corrected chi connectivity index (χ1v) is 6.75. The molecule has 0 amide bonds. The number of aromatic amines is 1. The Labute approximate surface area is 117 Å². The standard InChI is InChI=1S/C11H15N2O5Se/c1-5-3-13(10(17)12-9(5)16)11(2)8(19)7(15)6(4-14)18-11/h3,6-8,14-15H,4H2,1-2H3,(H,12,16,17)/t6-,7-,8-,11-/m1/s1. The minimum atomic E-state index is -1.17. The van der Waals surface area contributed by atoms with Crippen molar-refractivity contribution in [1.29, 1.82) is 0 Å². The van der Waals surface area contributed by atoms with Crippen molar-refractivity contribution in [3.63, 3.8) is 0 Å². The summed E-state index contributed by atoms with van der Waals surface area (Å²) < 4.78 is 6.82. The van der Waals surface area contributed by atoms with Crippen molar-refractivity contribution in [1.82, 2.24) is 9.55 Å². The van der Waals surface area contributed by atoms with Crippen LogP contribution in [0.4, 0.5) is 0 Å². The predicted molar refractivity (Wildman–Crippen MR) is 67.2 cm³/mol. The molecule has 0 spiro atoms.